The van der Waals surface area contributed by atoms with Gasteiger partial charge in [-0.05, 0) is 25.1 Å². The number of rotatable bonds is 4. The Morgan fingerprint density at radius 1 is 1.45 bits per heavy atom. The number of amides is 1. The van der Waals surface area contributed by atoms with Crippen molar-refractivity contribution < 1.29 is 14.7 Å². The van der Waals surface area contributed by atoms with E-state index in [1.807, 2.05) is 0 Å². The Morgan fingerprint density at radius 3 is 2.80 bits per heavy atom. The maximum Gasteiger partial charge on any atom is 0.335 e. The zero-order chi connectivity index (χ0) is 14.7. The smallest absolute Gasteiger partial charge is 0.335 e. The molecule has 0 bridgehead atoms. The maximum atomic E-state index is 11.8. The Bertz CT molecular complexity index is 644. The highest BCUT2D eigenvalue weighted by molar-refractivity contribution is 5.93. The van der Waals surface area contributed by atoms with Gasteiger partial charge >= 0.3 is 5.97 Å². The Hall–Kier alpha value is -2.83. The summed E-state index contributed by atoms with van der Waals surface area (Å²) in [6.07, 6.45) is 1.67. The molecule has 0 unspecified atom stereocenters. The number of carbonyl (C=O) groups is 2. The fraction of sp³-hybridized carbons (Fsp3) is 0.154. The van der Waals surface area contributed by atoms with Crippen LogP contribution in [0.15, 0.2) is 30.5 Å². The third-order valence-corrected chi connectivity index (χ3v) is 2.68. The lowest BCUT2D eigenvalue weighted by atomic mass is 10.2. The number of nitrogen functional groups attached to an aromatic ring is 1. The first-order chi connectivity index (χ1) is 9.45. The van der Waals surface area contributed by atoms with E-state index >= 15 is 0 Å². The number of aromatic carboxylic acids is 1. The lowest BCUT2D eigenvalue weighted by Gasteiger charge is -2.06. The number of carbonyl (C=O) groups excluding carboxylic acids is 1. The van der Waals surface area contributed by atoms with Gasteiger partial charge in [-0.1, -0.05) is 6.07 Å². The normalized spacial score (nSPS) is 10.2. The highest BCUT2D eigenvalue weighted by Gasteiger charge is 2.08. The van der Waals surface area contributed by atoms with Crippen molar-refractivity contribution in [2.75, 3.05) is 11.1 Å². The maximum absolute atomic E-state index is 11.8. The molecule has 0 aliphatic heterocycles. The van der Waals surface area contributed by atoms with Crippen LogP contribution >= 0.6 is 0 Å². The Balaban J connectivity index is 2.04. The van der Waals surface area contributed by atoms with Crippen LogP contribution in [0.1, 0.15) is 15.9 Å². The van der Waals surface area contributed by atoms with E-state index in [0.717, 1.165) is 5.56 Å². The van der Waals surface area contributed by atoms with Crippen molar-refractivity contribution in [3.63, 3.8) is 0 Å². The minimum absolute atomic E-state index is 0.00926. The van der Waals surface area contributed by atoms with Crippen molar-refractivity contribution in [1.82, 2.24) is 9.78 Å². The molecule has 0 saturated carbocycles. The van der Waals surface area contributed by atoms with Gasteiger partial charge in [0.25, 0.3) is 0 Å². The van der Waals surface area contributed by atoms with Crippen molar-refractivity contribution in [2.24, 2.45) is 0 Å². The second kappa shape index (κ2) is 5.43. The van der Waals surface area contributed by atoms with E-state index in [-0.39, 0.29) is 18.0 Å². The lowest BCUT2D eigenvalue weighted by Crippen LogP contribution is -2.19. The predicted octanol–water partition coefficient (Wildman–Crippen LogP) is 1.11. The first-order valence-corrected chi connectivity index (χ1v) is 5.88. The number of aryl methyl sites for hydroxylation is 1. The Kier molecular flexibility index (Phi) is 3.69. The summed E-state index contributed by atoms with van der Waals surface area (Å²) in [4.78, 5) is 22.7. The molecule has 0 aliphatic rings. The molecule has 7 nitrogen and oxygen atoms in total. The quantitative estimate of drug-likeness (QED) is 0.773. The van der Waals surface area contributed by atoms with E-state index in [1.54, 1.807) is 25.3 Å². The van der Waals surface area contributed by atoms with E-state index in [2.05, 4.69) is 10.4 Å². The average molecular weight is 274 g/mol. The third kappa shape index (κ3) is 3.14. The average Bonchev–Trinajstić information content (AvgIpc) is 2.68. The fourth-order valence-electron chi connectivity index (χ4n) is 1.69. The van der Waals surface area contributed by atoms with Crippen LogP contribution in [0.25, 0.3) is 0 Å². The van der Waals surface area contributed by atoms with E-state index in [0.29, 0.717) is 11.5 Å². The molecular weight excluding hydrogens is 260 g/mol. The van der Waals surface area contributed by atoms with Gasteiger partial charge in [0, 0.05) is 17.4 Å². The monoisotopic (exact) mass is 274 g/mol. The first kappa shape index (κ1) is 13.6. The van der Waals surface area contributed by atoms with Gasteiger partial charge in [0.1, 0.15) is 12.4 Å². The molecule has 0 saturated heterocycles. The number of nitrogens with zero attached hydrogens (tertiary/aromatic N) is 2. The standard InChI is InChI=1S/C13H14N4O3/c1-8-6-17(16-12(8)14)7-11(18)15-10-4-2-3-9(5-10)13(19)20/h2-6H,7H2,1H3,(H2,14,16)(H,15,18)(H,19,20). The molecule has 20 heavy (non-hydrogen) atoms. The molecule has 1 amide bonds. The number of hydrogen-bond acceptors (Lipinski definition) is 4. The topological polar surface area (TPSA) is 110 Å². The number of hydrogen-bond donors (Lipinski definition) is 3. The number of carboxylic acid groups (broad SMARTS) is 1. The molecule has 2 aromatic rings. The van der Waals surface area contributed by atoms with Crippen LogP contribution in [0.3, 0.4) is 0 Å². The minimum Gasteiger partial charge on any atom is -0.478 e. The van der Waals surface area contributed by atoms with Crippen LogP contribution < -0.4 is 11.1 Å². The molecule has 2 rings (SSSR count). The fourth-order valence-corrected chi connectivity index (χ4v) is 1.69. The van der Waals surface area contributed by atoms with Gasteiger partial charge in [-0.3, -0.25) is 9.48 Å². The molecule has 0 radical (unpaired) electrons. The van der Waals surface area contributed by atoms with Gasteiger partial charge in [-0.25, -0.2) is 4.79 Å². The second-order valence-electron chi connectivity index (χ2n) is 4.33. The summed E-state index contributed by atoms with van der Waals surface area (Å²) < 4.78 is 1.43. The largest absolute Gasteiger partial charge is 0.478 e. The van der Waals surface area contributed by atoms with Crippen LogP contribution in [0, 0.1) is 6.92 Å². The number of carboxylic acids is 1. The summed E-state index contributed by atoms with van der Waals surface area (Å²) in [6.45, 7) is 1.81. The van der Waals surface area contributed by atoms with E-state index in [9.17, 15) is 9.59 Å². The molecule has 1 aromatic carbocycles. The molecule has 0 aliphatic carbocycles. The summed E-state index contributed by atoms with van der Waals surface area (Å²) in [5.74, 6) is -0.975. The van der Waals surface area contributed by atoms with Crippen molar-refractivity contribution in [3.05, 3.63) is 41.6 Å². The zero-order valence-electron chi connectivity index (χ0n) is 10.8. The first-order valence-electron chi connectivity index (χ1n) is 5.88. The van der Waals surface area contributed by atoms with E-state index in [4.69, 9.17) is 10.8 Å². The number of benzene rings is 1. The lowest BCUT2D eigenvalue weighted by molar-refractivity contribution is -0.116. The summed E-state index contributed by atoms with van der Waals surface area (Å²) in [6, 6.07) is 6.03. The highest BCUT2D eigenvalue weighted by Crippen LogP contribution is 2.11. The van der Waals surface area contributed by atoms with Crippen LogP contribution in [-0.4, -0.2) is 26.8 Å². The Morgan fingerprint density at radius 2 is 2.20 bits per heavy atom. The summed E-state index contributed by atoms with van der Waals surface area (Å²) in [7, 11) is 0. The molecule has 1 heterocycles. The van der Waals surface area contributed by atoms with Crippen LogP contribution in [-0.2, 0) is 11.3 Å². The molecular formula is C13H14N4O3. The van der Waals surface area contributed by atoms with Gasteiger partial charge in [0.05, 0.1) is 5.56 Å². The van der Waals surface area contributed by atoms with Gasteiger partial charge in [0.15, 0.2) is 0 Å². The number of aromatic nitrogens is 2. The molecule has 104 valence electrons. The van der Waals surface area contributed by atoms with Crippen LogP contribution in [0.2, 0.25) is 0 Å². The second-order valence-corrected chi connectivity index (χ2v) is 4.33. The number of nitrogens with two attached hydrogens (primary N) is 1. The van der Waals surface area contributed by atoms with Crippen molar-refractivity contribution >= 4 is 23.4 Å². The highest BCUT2D eigenvalue weighted by atomic mass is 16.4. The number of anilines is 2. The molecule has 7 heteroatoms. The molecule has 1 aromatic heterocycles. The third-order valence-electron chi connectivity index (χ3n) is 2.68. The Labute approximate surface area is 115 Å². The summed E-state index contributed by atoms with van der Waals surface area (Å²) >= 11 is 0. The van der Waals surface area contributed by atoms with Crippen LogP contribution in [0.4, 0.5) is 11.5 Å². The van der Waals surface area contributed by atoms with E-state index < -0.39 is 5.97 Å². The molecule has 0 spiro atoms. The predicted molar refractivity (Wildman–Crippen MR) is 73.4 cm³/mol. The minimum atomic E-state index is -1.04. The van der Waals surface area contributed by atoms with Gasteiger partial charge in [-0.2, -0.15) is 5.10 Å². The molecule has 4 N–H and O–H groups in total. The molecule has 0 fully saturated rings. The van der Waals surface area contributed by atoms with E-state index in [1.165, 1.54) is 16.8 Å². The van der Waals surface area contributed by atoms with Crippen molar-refractivity contribution in [1.29, 1.82) is 0 Å². The van der Waals surface area contributed by atoms with Crippen molar-refractivity contribution in [2.45, 2.75) is 13.5 Å². The molecule has 0 atom stereocenters. The van der Waals surface area contributed by atoms with Gasteiger partial charge < -0.3 is 16.2 Å². The van der Waals surface area contributed by atoms with Crippen LogP contribution in [0.5, 0.6) is 0 Å². The van der Waals surface area contributed by atoms with Crippen molar-refractivity contribution in [3.8, 4) is 0 Å². The SMILES string of the molecule is Cc1cn(CC(=O)Nc2cccc(C(=O)O)c2)nc1N. The zero-order valence-corrected chi connectivity index (χ0v) is 10.8. The summed E-state index contributed by atoms with van der Waals surface area (Å²) in [5.41, 5.74) is 6.93. The van der Waals surface area contributed by atoms with Gasteiger partial charge in [0.2, 0.25) is 5.91 Å². The summed E-state index contributed by atoms with van der Waals surface area (Å²) in [5, 5.41) is 15.5. The van der Waals surface area contributed by atoms with Gasteiger partial charge in [-0.15, -0.1) is 0 Å². The number of nitrogens with one attached hydrogen (secondary N) is 1.